The SMILES string of the molecule is CN1CCCCC1CC1CNC(C)(CO)C1. The molecule has 2 N–H and O–H groups in total. The predicted molar refractivity (Wildman–Crippen MR) is 66.5 cm³/mol. The lowest BCUT2D eigenvalue weighted by Crippen LogP contribution is -2.39. The highest BCUT2D eigenvalue weighted by Gasteiger charge is 2.35. The Hall–Kier alpha value is -0.120. The van der Waals surface area contributed by atoms with Gasteiger partial charge in [-0.05, 0) is 58.7 Å². The molecule has 0 aliphatic carbocycles. The van der Waals surface area contributed by atoms with E-state index >= 15 is 0 Å². The standard InChI is InChI=1S/C13H26N2O/c1-13(10-16)8-11(9-14-13)7-12-5-3-4-6-15(12)2/h11-12,14,16H,3-10H2,1-2H3. The van der Waals surface area contributed by atoms with E-state index in [0.29, 0.717) is 0 Å². The summed E-state index contributed by atoms with van der Waals surface area (Å²) < 4.78 is 0. The summed E-state index contributed by atoms with van der Waals surface area (Å²) in [5, 5.41) is 12.8. The zero-order valence-electron chi connectivity index (χ0n) is 10.7. The first-order chi connectivity index (χ1) is 7.63. The summed E-state index contributed by atoms with van der Waals surface area (Å²) in [4.78, 5) is 2.53. The van der Waals surface area contributed by atoms with Crippen molar-refractivity contribution in [3.63, 3.8) is 0 Å². The van der Waals surface area contributed by atoms with E-state index in [4.69, 9.17) is 0 Å². The van der Waals surface area contributed by atoms with E-state index in [2.05, 4.69) is 24.2 Å². The van der Waals surface area contributed by atoms with Gasteiger partial charge >= 0.3 is 0 Å². The van der Waals surface area contributed by atoms with Gasteiger partial charge in [-0.2, -0.15) is 0 Å². The van der Waals surface area contributed by atoms with Crippen molar-refractivity contribution in [2.45, 2.75) is 50.6 Å². The fraction of sp³-hybridized carbons (Fsp3) is 1.00. The minimum Gasteiger partial charge on any atom is -0.394 e. The Morgan fingerprint density at radius 3 is 2.88 bits per heavy atom. The summed E-state index contributed by atoms with van der Waals surface area (Å²) in [5.74, 6) is 0.752. The monoisotopic (exact) mass is 226 g/mol. The minimum atomic E-state index is -0.0160. The van der Waals surface area contributed by atoms with Crippen molar-refractivity contribution in [3.8, 4) is 0 Å². The quantitative estimate of drug-likeness (QED) is 0.759. The van der Waals surface area contributed by atoms with Crippen LogP contribution in [0.4, 0.5) is 0 Å². The summed E-state index contributed by atoms with van der Waals surface area (Å²) in [6, 6.07) is 0.779. The molecular weight excluding hydrogens is 200 g/mol. The van der Waals surface area contributed by atoms with Gasteiger partial charge in [-0.25, -0.2) is 0 Å². The number of rotatable bonds is 3. The number of aliphatic hydroxyl groups is 1. The Morgan fingerprint density at radius 2 is 2.25 bits per heavy atom. The number of piperidine rings is 1. The van der Waals surface area contributed by atoms with Gasteiger partial charge in [0.2, 0.25) is 0 Å². The summed E-state index contributed by atoms with van der Waals surface area (Å²) in [6.45, 7) is 4.76. The Kier molecular flexibility index (Phi) is 3.88. The van der Waals surface area contributed by atoms with Crippen LogP contribution in [0.5, 0.6) is 0 Å². The normalized spacial score (nSPS) is 41.4. The second-order valence-electron chi connectivity index (χ2n) is 6.04. The number of likely N-dealkylation sites (tertiary alicyclic amines) is 1. The topological polar surface area (TPSA) is 35.5 Å². The lowest BCUT2D eigenvalue weighted by molar-refractivity contribution is 0.153. The lowest BCUT2D eigenvalue weighted by atomic mass is 9.88. The molecule has 2 saturated heterocycles. The Bertz CT molecular complexity index is 234. The van der Waals surface area contributed by atoms with E-state index in [1.54, 1.807) is 0 Å². The van der Waals surface area contributed by atoms with Crippen molar-refractivity contribution in [1.29, 1.82) is 0 Å². The highest BCUT2D eigenvalue weighted by molar-refractivity contribution is 4.94. The second kappa shape index (κ2) is 5.03. The molecule has 0 bridgehead atoms. The molecule has 0 amide bonds. The van der Waals surface area contributed by atoms with E-state index in [1.807, 2.05) is 0 Å². The third kappa shape index (κ3) is 2.76. The summed E-state index contributed by atoms with van der Waals surface area (Å²) in [7, 11) is 2.26. The summed E-state index contributed by atoms with van der Waals surface area (Å²) in [6.07, 6.45) is 6.56. The van der Waals surface area contributed by atoms with E-state index in [9.17, 15) is 5.11 Å². The average molecular weight is 226 g/mol. The van der Waals surface area contributed by atoms with Gasteiger partial charge < -0.3 is 15.3 Å². The van der Waals surface area contributed by atoms with Crippen LogP contribution >= 0.6 is 0 Å². The molecule has 0 aromatic carbocycles. The summed E-state index contributed by atoms with van der Waals surface area (Å²) >= 11 is 0. The Labute approximate surface area is 99.2 Å². The van der Waals surface area contributed by atoms with Crippen LogP contribution < -0.4 is 5.32 Å². The van der Waals surface area contributed by atoms with Crippen molar-refractivity contribution in [1.82, 2.24) is 10.2 Å². The van der Waals surface area contributed by atoms with Gasteiger partial charge in [0.1, 0.15) is 0 Å². The van der Waals surface area contributed by atoms with Gasteiger partial charge in [-0.15, -0.1) is 0 Å². The maximum absolute atomic E-state index is 9.33. The summed E-state index contributed by atoms with van der Waals surface area (Å²) in [5.41, 5.74) is -0.0160. The number of aliphatic hydroxyl groups excluding tert-OH is 1. The molecule has 0 radical (unpaired) electrons. The first-order valence-corrected chi connectivity index (χ1v) is 6.69. The molecule has 0 aromatic rings. The van der Waals surface area contributed by atoms with Crippen LogP contribution in [0.1, 0.15) is 39.0 Å². The van der Waals surface area contributed by atoms with Crippen molar-refractivity contribution < 1.29 is 5.11 Å². The van der Waals surface area contributed by atoms with E-state index in [1.165, 1.54) is 32.2 Å². The Balaban J connectivity index is 1.82. The first kappa shape index (κ1) is 12.3. The Morgan fingerprint density at radius 1 is 1.44 bits per heavy atom. The minimum absolute atomic E-state index is 0.0160. The number of nitrogens with one attached hydrogen (secondary N) is 1. The van der Waals surface area contributed by atoms with Gasteiger partial charge in [0.15, 0.2) is 0 Å². The van der Waals surface area contributed by atoms with Crippen LogP contribution in [0.25, 0.3) is 0 Å². The van der Waals surface area contributed by atoms with Crippen LogP contribution in [-0.4, -0.2) is 48.3 Å². The van der Waals surface area contributed by atoms with Gasteiger partial charge in [0, 0.05) is 11.6 Å². The van der Waals surface area contributed by atoms with Gasteiger partial charge in [0.05, 0.1) is 6.61 Å². The molecule has 0 saturated carbocycles. The van der Waals surface area contributed by atoms with Crippen LogP contribution in [0, 0.1) is 5.92 Å². The average Bonchev–Trinajstić information content (AvgIpc) is 2.65. The largest absolute Gasteiger partial charge is 0.394 e. The molecular formula is C13H26N2O. The van der Waals surface area contributed by atoms with E-state index in [0.717, 1.165) is 24.9 Å². The smallest absolute Gasteiger partial charge is 0.0610 e. The molecule has 2 fully saturated rings. The second-order valence-corrected chi connectivity index (χ2v) is 6.04. The molecule has 16 heavy (non-hydrogen) atoms. The van der Waals surface area contributed by atoms with Crippen LogP contribution in [0.3, 0.4) is 0 Å². The molecule has 2 aliphatic rings. The van der Waals surface area contributed by atoms with Crippen LogP contribution in [0.15, 0.2) is 0 Å². The maximum atomic E-state index is 9.33. The van der Waals surface area contributed by atoms with Crippen molar-refractivity contribution >= 4 is 0 Å². The molecule has 0 aromatic heterocycles. The molecule has 3 unspecified atom stereocenters. The van der Waals surface area contributed by atoms with Gasteiger partial charge in [-0.3, -0.25) is 0 Å². The third-order valence-electron chi connectivity index (χ3n) is 4.43. The van der Waals surface area contributed by atoms with Gasteiger partial charge in [-0.1, -0.05) is 6.42 Å². The number of hydrogen-bond donors (Lipinski definition) is 2. The molecule has 2 rings (SSSR count). The van der Waals surface area contributed by atoms with Crippen molar-refractivity contribution in [2.24, 2.45) is 5.92 Å². The van der Waals surface area contributed by atoms with Crippen molar-refractivity contribution in [3.05, 3.63) is 0 Å². The van der Waals surface area contributed by atoms with E-state index < -0.39 is 0 Å². The van der Waals surface area contributed by atoms with E-state index in [-0.39, 0.29) is 12.1 Å². The number of hydrogen-bond acceptors (Lipinski definition) is 3. The van der Waals surface area contributed by atoms with Crippen molar-refractivity contribution in [2.75, 3.05) is 26.7 Å². The fourth-order valence-corrected chi connectivity index (χ4v) is 3.29. The predicted octanol–water partition coefficient (Wildman–Crippen LogP) is 1.22. The highest BCUT2D eigenvalue weighted by atomic mass is 16.3. The molecule has 2 aliphatic heterocycles. The molecule has 3 atom stereocenters. The molecule has 94 valence electrons. The number of nitrogens with zero attached hydrogens (tertiary/aromatic N) is 1. The molecule has 0 spiro atoms. The van der Waals surface area contributed by atoms with Crippen LogP contribution in [-0.2, 0) is 0 Å². The van der Waals surface area contributed by atoms with Crippen LogP contribution in [0.2, 0.25) is 0 Å². The lowest BCUT2D eigenvalue weighted by Gasteiger charge is -2.34. The first-order valence-electron chi connectivity index (χ1n) is 6.69. The molecule has 3 heteroatoms. The maximum Gasteiger partial charge on any atom is 0.0610 e. The zero-order chi connectivity index (χ0) is 11.6. The zero-order valence-corrected chi connectivity index (χ0v) is 10.7. The molecule has 3 nitrogen and oxygen atoms in total. The molecule has 2 heterocycles. The van der Waals surface area contributed by atoms with Gasteiger partial charge in [0.25, 0.3) is 0 Å². The third-order valence-corrected chi connectivity index (χ3v) is 4.43. The fourth-order valence-electron chi connectivity index (χ4n) is 3.29. The highest BCUT2D eigenvalue weighted by Crippen LogP contribution is 2.30.